The zero-order valence-corrected chi connectivity index (χ0v) is 9.26. The highest BCUT2D eigenvalue weighted by Gasteiger charge is 2.07. The van der Waals surface area contributed by atoms with Crippen molar-refractivity contribution >= 4 is 17.7 Å². The average molecular weight is 211 g/mol. The van der Waals surface area contributed by atoms with Crippen LogP contribution in [0, 0.1) is 0 Å². The van der Waals surface area contributed by atoms with Crippen LogP contribution >= 0.6 is 11.8 Å². The summed E-state index contributed by atoms with van der Waals surface area (Å²) in [5.74, 6) is -0.132. The van der Waals surface area contributed by atoms with Crippen molar-refractivity contribution < 1.29 is 4.79 Å². The number of carbonyl (C=O) groups excluding carboxylic acids is 1. The van der Waals surface area contributed by atoms with Crippen LogP contribution in [0.25, 0.3) is 0 Å². The molecule has 0 fully saturated rings. The van der Waals surface area contributed by atoms with Gasteiger partial charge in [-0.05, 0) is 20.1 Å². The van der Waals surface area contributed by atoms with Gasteiger partial charge < -0.3 is 5.32 Å². The van der Waals surface area contributed by atoms with E-state index in [0.29, 0.717) is 10.7 Å². The number of nitrogens with one attached hydrogen (secondary N) is 1. The third-order valence-electron chi connectivity index (χ3n) is 1.49. The SMILES string of the molecule is CSc1ncc(C(=O)NC(C)C)cn1. The van der Waals surface area contributed by atoms with E-state index in [2.05, 4.69) is 15.3 Å². The molecule has 0 aliphatic rings. The molecule has 14 heavy (non-hydrogen) atoms. The fourth-order valence-electron chi connectivity index (χ4n) is 0.884. The highest BCUT2D eigenvalue weighted by Crippen LogP contribution is 2.06. The van der Waals surface area contributed by atoms with Crippen LogP contribution in [0.5, 0.6) is 0 Å². The van der Waals surface area contributed by atoms with Crippen molar-refractivity contribution in [2.45, 2.75) is 25.0 Å². The molecule has 76 valence electrons. The first-order valence-corrected chi connectivity index (χ1v) is 5.53. The molecule has 0 saturated heterocycles. The molecule has 1 N–H and O–H groups in total. The molecule has 0 saturated carbocycles. The van der Waals surface area contributed by atoms with Crippen molar-refractivity contribution in [3.8, 4) is 0 Å². The number of nitrogens with zero attached hydrogens (tertiary/aromatic N) is 2. The Kier molecular flexibility index (Phi) is 3.88. The minimum atomic E-state index is -0.132. The summed E-state index contributed by atoms with van der Waals surface area (Å²) in [6.45, 7) is 3.82. The third-order valence-corrected chi connectivity index (χ3v) is 2.07. The summed E-state index contributed by atoms with van der Waals surface area (Å²) in [4.78, 5) is 19.5. The summed E-state index contributed by atoms with van der Waals surface area (Å²) in [6.07, 6.45) is 4.97. The number of hydrogen-bond donors (Lipinski definition) is 1. The molecule has 1 aromatic rings. The van der Waals surface area contributed by atoms with E-state index in [-0.39, 0.29) is 11.9 Å². The van der Waals surface area contributed by atoms with Crippen LogP contribution in [-0.2, 0) is 0 Å². The van der Waals surface area contributed by atoms with Crippen molar-refractivity contribution in [2.75, 3.05) is 6.26 Å². The number of amides is 1. The minimum absolute atomic E-state index is 0.128. The standard InChI is InChI=1S/C9H13N3OS/c1-6(2)12-8(13)7-4-10-9(14-3)11-5-7/h4-6H,1-3H3,(H,12,13). The summed E-state index contributed by atoms with van der Waals surface area (Å²) in [6, 6.07) is 0.128. The smallest absolute Gasteiger partial charge is 0.254 e. The van der Waals surface area contributed by atoms with E-state index in [1.165, 1.54) is 24.2 Å². The Morgan fingerprint density at radius 3 is 2.43 bits per heavy atom. The Morgan fingerprint density at radius 2 is 2.00 bits per heavy atom. The second-order valence-electron chi connectivity index (χ2n) is 3.09. The van der Waals surface area contributed by atoms with Crippen LogP contribution < -0.4 is 5.32 Å². The Bertz CT molecular complexity index is 310. The normalized spacial score (nSPS) is 10.3. The minimum Gasteiger partial charge on any atom is -0.350 e. The van der Waals surface area contributed by atoms with E-state index < -0.39 is 0 Å². The Hall–Kier alpha value is -1.10. The molecule has 0 radical (unpaired) electrons. The molecule has 0 aliphatic heterocycles. The van der Waals surface area contributed by atoms with Gasteiger partial charge in [-0.2, -0.15) is 0 Å². The molecule has 0 aromatic carbocycles. The lowest BCUT2D eigenvalue weighted by atomic mass is 10.3. The zero-order chi connectivity index (χ0) is 10.6. The molecule has 1 heterocycles. The first-order valence-electron chi connectivity index (χ1n) is 4.30. The number of aromatic nitrogens is 2. The number of carbonyl (C=O) groups is 1. The maximum absolute atomic E-state index is 11.5. The fraction of sp³-hybridized carbons (Fsp3) is 0.444. The molecule has 1 amide bonds. The van der Waals surface area contributed by atoms with Crippen molar-refractivity contribution in [3.63, 3.8) is 0 Å². The van der Waals surface area contributed by atoms with Gasteiger partial charge in [0.15, 0.2) is 5.16 Å². The maximum atomic E-state index is 11.5. The van der Waals surface area contributed by atoms with E-state index in [1.54, 1.807) is 0 Å². The second kappa shape index (κ2) is 4.95. The lowest BCUT2D eigenvalue weighted by Gasteiger charge is -2.07. The van der Waals surface area contributed by atoms with Crippen molar-refractivity contribution in [1.29, 1.82) is 0 Å². The largest absolute Gasteiger partial charge is 0.350 e. The van der Waals surface area contributed by atoms with E-state index in [0.717, 1.165) is 0 Å². The van der Waals surface area contributed by atoms with E-state index >= 15 is 0 Å². The van der Waals surface area contributed by atoms with Crippen LogP contribution in [0.4, 0.5) is 0 Å². The Labute approximate surface area is 87.5 Å². The summed E-state index contributed by atoms with van der Waals surface area (Å²) >= 11 is 1.45. The van der Waals surface area contributed by atoms with Gasteiger partial charge in [0.2, 0.25) is 0 Å². The molecule has 0 atom stereocenters. The van der Waals surface area contributed by atoms with Crippen LogP contribution in [0.1, 0.15) is 24.2 Å². The van der Waals surface area contributed by atoms with Gasteiger partial charge in [-0.25, -0.2) is 9.97 Å². The molecule has 0 aliphatic carbocycles. The number of rotatable bonds is 3. The highest BCUT2D eigenvalue weighted by molar-refractivity contribution is 7.98. The molecule has 1 rings (SSSR count). The van der Waals surface area contributed by atoms with E-state index in [1.807, 2.05) is 20.1 Å². The topological polar surface area (TPSA) is 54.9 Å². The molecule has 5 heteroatoms. The van der Waals surface area contributed by atoms with Crippen LogP contribution in [0.3, 0.4) is 0 Å². The molecule has 1 aromatic heterocycles. The molecule has 0 spiro atoms. The van der Waals surface area contributed by atoms with E-state index in [4.69, 9.17) is 0 Å². The zero-order valence-electron chi connectivity index (χ0n) is 8.44. The van der Waals surface area contributed by atoms with Crippen molar-refractivity contribution in [1.82, 2.24) is 15.3 Å². The predicted molar refractivity (Wildman–Crippen MR) is 56.4 cm³/mol. The van der Waals surface area contributed by atoms with Crippen LogP contribution in [0.2, 0.25) is 0 Å². The van der Waals surface area contributed by atoms with Crippen molar-refractivity contribution in [3.05, 3.63) is 18.0 Å². The molecule has 0 bridgehead atoms. The summed E-state index contributed by atoms with van der Waals surface area (Å²) < 4.78 is 0. The molecule has 4 nitrogen and oxygen atoms in total. The first-order chi connectivity index (χ1) is 6.63. The first kappa shape index (κ1) is 11.0. The van der Waals surface area contributed by atoms with Gasteiger partial charge >= 0.3 is 0 Å². The lowest BCUT2D eigenvalue weighted by molar-refractivity contribution is 0.0942. The quantitative estimate of drug-likeness (QED) is 0.605. The van der Waals surface area contributed by atoms with Crippen LogP contribution in [0.15, 0.2) is 17.6 Å². The average Bonchev–Trinajstić information content (AvgIpc) is 2.17. The lowest BCUT2D eigenvalue weighted by Crippen LogP contribution is -2.30. The van der Waals surface area contributed by atoms with Crippen molar-refractivity contribution in [2.24, 2.45) is 0 Å². The van der Waals surface area contributed by atoms with Crippen LogP contribution in [-0.4, -0.2) is 28.2 Å². The summed E-state index contributed by atoms with van der Waals surface area (Å²) in [5.41, 5.74) is 0.497. The highest BCUT2D eigenvalue weighted by atomic mass is 32.2. The fourth-order valence-corrected chi connectivity index (χ4v) is 1.20. The maximum Gasteiger partial charge on any atom is 0.254 e. The monoisotopic (exact) mass is 211 g/mol. The summed E-state index contributed by atoms with van der Waals surface area (Å²) in [5, 5.41) is 3.44. The van der Waals surface area contributed by atoms with Gasteiger partial charge in [-0.1, -0.05) is 11.8 Å². The molecular weight excluding hydrogens is 198 g/mol. The number of thioether (sulfide) groups is 1. The predicted octanol–water partition coefficient (Wildman–Crippen LogP) is 1.34. The van der Waals surface area contributed by atoms with E-state index in [9.17, 15) is 4.79 Å². The molecular formula is C9H13N3OS. The molecule has 0 unspecified atom stereocenters. The Morgan fingerprint density at radius 1 is 1.43 bits per heavy atom. The van der Waals surface area contributed by atoms with Gasteiger partial charge in [0, 0.05) is 18.4 Å². The van der Waals surface area contributed by atoms with Gasteiger partial charge in [-0.15, -0.1) is 0 Å². The second-order valence-corrected chi connectivity index (χ2v) is 3.86. The van der Waals surface area contributed by atoms with Gasteiger partial charge in [0.05, 0.1) is 5.56 Å². The Balaban J connectivity index is 2.71. The third kappa shape index (κ3) is 2.99. The van der Waals surface area contributed by atoms with Gasteiger partial charge in [0.25, 0.3) is 5.91 Å². The van der Waals surface area contributed by atoms with Gasteiger partial charge in [-0.3, -0.25) is 4.79 Å². The van der Waals surface area contributed by atoms with Gasteiger partial charge in [0.1, 0.15) is 0 Å². The summed E-state index contributed by atoms with van der Waals surface area (Å²) in [7, 11) is 0. The number of hydrogen-bond acceptors (Lipinski definition) is 4.